The van der Waals surface area contributed by atoms with Crippen LogP contribution in [0, 0.1) is 11.3 Å². The van der Waals surface area contributed by atoms with Crippen molar-refractivity contribution in [3.8, 4) is 11.8 Å². The van der Waals surface area contributed by atoms with Gasteiger partial charge in [0.05, 0.1) is 17.2 Å². The molecule has 0 aliphatic carbocycles. The lowest BCUT2D eigenvalue weighted by atomic mass is 9.90. The molecule has 4 aromatic rings. The summed E-state index contributed by atoms with van der Waals surface area (Å²) in [5, 5.41) is 12.5. The summed E-state index contributed by atoms with van der Waals surface area (Å²) in [7, 11) is 0. The number of nitriles is 1. The average molecular weight is 541 g/mol. The molecule has 5 nitrogen and oxygen atoms in total. The van der Waals surface area contributed by atoms with Gasteiger partial charge in [0, 0.05) is 22.5 Å². The fourth-order valence-corrected chi connectivity index (χ4v) is 4.08. The van der Waals surface area contributed by atoms with Crippen LogP contribution >= 0.6 is 15.9 Å². The van der Waals surface area contributed by atoms with E-state index >= 15 is 0 Å². The number of ether oxygens (including phenoxy) is 2. The number of para-hydroxylation sites is 1. The number of hydrogen-bond acceptors (Lipinski definition) is 5. The molecule has 6 heteroatoms. The van der Waals surface area contributed by atoms with Crippen LogP contribution in [-0.4, -0.2) is 19.2 Å². The van der Waals surface area contributed by atoms with Crippen molar-refractivity contribution in [2.24, 2.45) is 0 Å². The van der Waals surface area contributed by atoms with E-state index in [4.69, 9.17) is 9.47 Å². The lowest BCUT2D eigenvalue weighted by Crippen LogP contribution is -2.26. The third-order valence-electron chi connectivity index (χ3n) is 5.71. The first-order valence-corrected chi connectivity index (χ1v) is 12.3. The number of halogens is 1. The average Bonchev–Trinajstić information content (AvgIpc) is 2.93. The largest absolute Gasteiger partial charge is 0.489 e. The summed E-state index contributed by atoms with van der Waals surface area (Å²) in [6, 6.07) is 34.5. The number of carbonyl (C=O) groups is 1. The van der Waals surface area contributed by atoms with Gasteiger partial charge < -0.3 is 9.47 Å². The summed E-state index contributed by atoms with van der Waals surface area (Å²) < 4.78 is 12.7. The molecule has 0 fully saturated rings. The second-order valence-corrected chi connectivity index (χ2v) is 9.05. The van der Waals surface area contributed by atoms with E-state index in [-0.39, 0.29) is 18.6 Å². The molecule has 0 saturated carbocycles. The van der Waals surface area contributed by atoms with E-state index in [1.807, 2.05) is 78.9 Å². The topological polar surface area (TPSA) is 71.3 Å². The van der Waals surface area contributed by atoms with Crippen molar-refractivity contribution < 1.29 is 14.3 Å². The molecule has 0 saturated heterocycles. The third kappa shape index (κ3) is 6.82. The van der Waals surface area contributed by atoms with E-state index in [1.165, 1.54) is 0 Å². The molecule has 0 spiro atoms. The Bertz CT molecular complexity index is 1320. The first-order valence-electron chi connectivity index (χ1n) is 11.5. The summed E-state index contributed by atoms with van der Waals surface area (Å²) in [5.74, 6) is 0.309. The van der Waals surface area contributed by atoms with Crippen LogP contribution in [0.2, 0.25) is 0 Å². The van der Waals surface area contributed by atoms with Crippen LogP contribution in [0.5, 0.6) is 5.75 Å². The minimum atomic E-state index is -0.378. The Hall–Kier alpha value is -3.92. The Balaban J connectivity index is 1.50. The van der Waals surface area contributed by atoms with Gasteiger partial charge in [0.25, 0.3) is 0 Å². The van der Waals surface area contributed by atoms with Crippen molar-refractivity contribution in [1.29, 1.82) is 5.26 Å². The monoisotopic (exact) mass is 540 g/mol. The zero-order valence-corrected chi connectivity index (χ0v) is 21.1. The molecular formula is C30H25BrN2O3. The maximum absolute atomic E-state index is 12.3. The second kappa shape index (κ2) is 12.7. The Morgan fingerprint density at radius 3 is 2.31 bits per heavy atom. The van der Waals surface area contributed by atoms with Gasteiger partial charge >= 0.3 is 5.97 Å². The smallest absolute Gasteiger partial charge is 0.339 e. The summed E-state index contributed by atoms with van der Waals surface area (Å²) in [6.07, 6.45) is 0. The number of esters is 1. The number of carbonyl (C=O) groups excluding carboxylic acids is 1. The van der Waals surface area contributed by atoms with Crippen LogP contribution < -0.4 is 10.1 Å². The molecule has 0 radical (unpaired) electrons. The van der Waals surface area contributed by atoms with E-state index < -0.39 is 0 Å². The highest BCUT2D eigenvalue weighted by Gasteiger charge is 2.19. The van der Waals surface area contributed by atoms with Crippen LogP contribution in [0.25, 0.3) is 0 Å². The predicted molar refractivity (Wildman–Crippen MR) is 143 cm³/mol. The van der Waals surface area contributed by atoms with E-state index in [9.17, 15) is 10.1 Å². The van der Waals surface area contributed by atoms with Gasteiger partial charge in [-0.1, -0.05) is 76.6 Å². The SMILES string of the molecule is N#Cc1ccc(C(CNCOC(=O)c2ccccc2)c2ccccc2OCc2ccc(Br)cc2)cc1. The lowest BCUT2D eigenvalue weighted by Gasteiger charge is -2.22. The van der Waals surface area contributed by atoms with Crippen molar-refractivity contribution in [3.05, 3.63) is 135 Å². The van der Waals surface area contributed by atoms with Crippen LogP contribution in [-0.2, 0) is 11.3 Å². The second-order valence-electron chi connectivity index (χ2n) is 8.14. The van der Waals surface area contributed by atoms with Crippen LogP contribution in [0.15, 0.2) is 108 Å². The molecule has 0 amide bonds. The number of rotatable bonds is 10. The predicted octanol–water partition coefficient (Wildman–Crippen LogP) is 6.44. The Morgan fingerprint density at radius 1 is 0.889 bits per heavy atom. The molecule has 1 unspecified atom stereocenters. The van der Waals surface area contributed by atoms with Gasteiger partial charge in [0.2, 0.25) is 0 Å². The highest BCUT2D eigenvalue weighted by atomic mass is 79.9. The first kappa shape index (κ1) is 25.2. The minimum absolute atomic E-state index is 0.0718. The zero-order valence-electron chi connectivity index (χ0n) is 19.6. The molecule has 0 aliphatic rings. The minimum Gasteiger partial charge on any atom is -0.489 e. The van der Waals surface area contributed by atoms with Crippen molar-refractivity contribution in [2.75, 3.05) is 13.3 Å². The highest BCUT2D eigenvalue weighted by Crippen LogP contribution is 2.32. The van der Waals surface area contributed by atoms with Gasteiger partial charge in [-0.3, -0.25) is 5.32 Å². The number of nitrogens with one attached hydrogen (secondary N) is 1. The van der Waals surface area contributed by atoms with Crippen molar-refractivity contribution in [3.63, 3.8) is 0 Å². The van der Waals surface area contributed by atoms with E-state index in [1.54, 1.807) is 24.3 Å². The molecule has 4 aromatic carbocycles. The van der Waals surface area contributed by atoms with Gasteiger partial charge in [-0.2, -0.15) is 5.26 Å². The van der Waals surface area contributed by atoms with Crippen molar-refractivity contribution in [2.45, 2.75) is 12.5 Å². The van der Waals surface area contributed by atoms with E-state index in [0.29, 0.717) is 24.3 Å². The van der Waals surface area contributed by atoms with Gasteiger partial charge in [-0.05, 0) is 53.6 Å². The third-order valence-corrected chi connectivity index (χ3v) is 6.24. The quantitative estimate of drug-likeness (QED) is 0.142. The van der Waals surface area contributed by atoms with Gasteiger partial charge in [-0.25, -0.2) is 4.79 Å². The summed E-state index contributed by atoms with van der Waals surface area (Å²) >= 11 is 3.46. The zero-order chi connectivity index (χ0) is 25.2. The van der Waals surface area contributed by atoms with Crippen molar-refractivity contribution >= 4 is 21.9 Å². The maximum atomic E-state index is 12.3. The molecule has 1 N–H and O–H groups in total. The summed E-state index contributed by atoms with van der Waals surface area (Å²) in [6.45, 7) is 1.02. The fourth-order valence-electron chi connectivity index (χ4n) is 3.82. The highest BCUT2D eigenvalue weighted by molar-refractivity contribution is 9.10. The molecule has 0 aliphatic heterocycles. The molecular weight excluding hydrogens is 516 g/mol. The number of hydrogen-bond donors (Lipinski definition) is 1. The lowest BCUT2D eigenvalue weighted by molar-refractivity contribution is 0.0472. The van der Waals surface area contributed by atoms with Crippen LogP contribution in [0.1, 0.15) is 38.5 Å². The Morgan fingerprint density at radius 2 is 1.58 bits per heavy atom. The van der Waals surface area contributed by atoms with Gasteiger partial charge in [-0.15, -0.1) is 0 Å². The molecule has 0 bridgehead atoms. The standard InChI is InChI=1S/C30H25BrN2O3/c31-26-16-12-23(13-17-26)20-35-29-9-5-4-8-27(29)28(24-14-10-22(18-32)11-15-24)19-33-21-36-30(34)25-6-2-1-3-7-25/h1-17,28,33H,19-21H2. The summed E-state index contributed by atoms with van der Waals surface area (Å²) in [5.41, 5.74) is 4.20. The van der Waals surface area contributed by atoms with E-state index in [0.717, 1.165) is 26.9 Å². The van der Waals surface area contributed by atoms with E-state index in [2.05, 4.69) is 27.3 Å². The van der Waals surface area contributed by atoms with Gasteiger partial charge in [0.15, 0.2) is 0 Å². The van der Waals surface area contributed by atoms with Crippen LogP contribution in [0.3, 0.4) is 0 Å². The molecule has 180 valence electrons. The Kier molecular flexibility index (Phi) is 8.87. The molecule has 36 heavy (non-hydrogen) atoms. The number of benzene rings is 4. The van der Waals surface area contributed by atoms with Crippen molar-refractivity contribution in [1.82, 2.24) is 5.32 Å². The molecule has 4 rings (SSSR count). The molecule has 1 atom stereocenters. The molecule has 0 heterocycles. The maximum Gasteiger partial charge on any atom is 0.339 e. The normalized spacial score (nSPS) is 11.3. The molecule has 0 aromatic heterocycles. The summed E-state index contributed by atoms with van der Waals surface area (Å²) in [4.78, 5) is 12.3. The first-order chi connectivity index (χ1) is 17.6. The van der Waals surface area contributed by atoms with Crippen LogP contribution in [0.4, 0.5) is 0 Å². The Labute approximate surface area is 219 Å². The van der Waals surface area contributed by atoms with Gasteiger partial charge in [0.1, 0.15) is 19.1 Å². The fraction of sp³-hybridized carbons (Fsp3) is 0.133. The number of nitrogens with zero attached hydrogens (tertiary/aromatic N) is 1.